The van der Waals surface area contributed by atoms with Crippen molar-refractivity contribution in [1.29, 1.82) is 0 Å². The third-order valence-electron chi connectivity index (χ3n) is 2.54. The molecule has 1 aliphatic heterocycles. The Labute approximate surface area is 110 Å². The van der Waals surface area contributed by atoms with Gasteiger partial charge in [-0.05, 0) is 6.92 Å². The molecule has 1 heterocycles. The van der Waals surface area contributed by atoms with Crippen LogP contribution in [0.4, 0.5) is 13.2 Å². The second kappa shape index (κ2) is 5.27. The zero-order valence-corrected chi connectivity index (χ0v) is 10.6. The molecule has 0 spiro atoms. The van der Waals surface area contributed by atoms with E-state index in [4.69, 9.17) is 5.11 Å². The monoisotopic (exact) mass is 300 g/mol. The number of thioether (sulfide) groups is 1. The molecule has 0 saturated carbocycles. The molecule has 2 N–H and O–H groups in total. The number of carbonyl (C=O) groups is 3. The highest BCUT2D eigenvalue weighted by atomic mass is 32.2. The van der Waals surface area contributed by atoms with Gasteiger partial charge in [0.15, 0.2) is 0 Å². The average Bonchev–Trinajstić information content (AvgIpc) is 2.62. The summed E-state index contributed by atoms with van der Waals surface area (Å²) >= 11 is 1.22. The summed E-state index contributed by atoms with van der Waals surface area (Å²) in [4.78, 5) is 34.4. The van der Waals surface area contributed by atoms with Gasteiger partial charge in [-0.25, -0.2) is 4.79 Å². The molecule has 1 saturated heterocycles. The molecule has 10 heteroatoms. The summed E-state index contributed by atoms with van der Waals surface area (Å²) in [7, 11) is 0. The van der Waals surface area contributed by atoms with Gasteiger partial charge >= 0.3 is 12.1 Å². The van der Waals surface area contributed by atoms with Crippen molar-refractivity contribution in [2.45, 2.75) is 18.6 Å². The summed E-state index contributed by atoms with van der Waals surface area (Å²) in [6.45, 7) is -0.238. The fourth-order valence-corrected chi connectivity index (χ4v) is 2.18. The molecule has 1 unspecified atom stereocenters. The van der Waals surface area contributed by atoms with E-state index in [2.05, 4.69) is 0 Å². The number of rotatable bonds is 4. The predicted octanol–water partition coefficient (Wildman–Crippen LogP) is 0.0411. The number of hydrogen-bond acceptors (Lipinski definition) is 4. The molecule has 0 aromatic rings. The van der Waals surface area contributed by atoms with Crippen LogP contribution < -0.4 is 5.32 Å². The van der Waals surface area contributed by atoms with Crippen molar-refractivity contribution in [2.75, 3.05) is 18.2 Å². The highest BCUT2D eigenvalue weighted by Crippen LogP contribution is 2.30. The van der Waals surface area contributed by atoms with E-state index in [1.165, 1.54) is 17.1 Å². The molecule has 0 aromatic carbocycles. The Hall–Kier alpha value is -1.45. The van der Waals surface area contributed by atoms with E-state index in [1.807, 2.05) is 0 Å². The van der Waals surface area contributed by atoms with Crippen LogP contribution in [0.3, 0.4) is 0 Å². The lowest BCUT2D eigenvalue weighted by Crippen LogP contribution is -2.63. The van der Waals surface area contributed by atoms with Crippen LogP contribution in [0.25, 0.3) is 0 Å². The van der Waals surface area contributed by atoms with E-state index in [-0.39, 0.29) is 17.5 Å². The third kappa shape index (κ3) is 3.31. The molecule has 1 atom stereocenters. The van der Waals surface area contributed by atoms with Gasteiger partial charge in [-0.2, -0.15) is 13.2 Å². The number of alkyl halides is 3. The summed E-state index contributed by atoms with van der Waals surface area (Å²) in [6.07, 6.45) is -5.14. The van der Waals surface area contributed by atoms with Gasteiger partial charge in [0.1, 0.15) is 6.54 Å². The molecule has 1 rings (SSSR count). The molecule has 1 fully saturated rings. The standard InChI is InChI=1S/C9H11F3N2O4S/c1-8(7(17)18,9(10,11)12)13-5(15)2-14-4-19-3-6(14)16/h2-4H2,1H3,(H,13,15)(H,17,18). The van der Waals surface area contributed by atoms with E-state index in [1.54, 1.807) is 0 Å². The van der Waals surface area contributed by atoms with Crippen molar-refractivity contribution < 1.29 is 32.7 Å². The fourth-order valence-electron chi connectivity index (χ4n) is 1.28. The van der Waals surface area contributed by atoms with Crippen molar-refractivity contribution in [3.05, 3.63) is 0 Å². The van der Waals surface area contributed by atoms with Crippen LogP contribution in [0.1, 0.15) is 6.92 Å². The molecule has 0 aromatic heterocycles. The number of carboxylic acids is 1. The highest BCUT2D eigenvalue weighted by molar-refractivity contribution is 8.00. The number of halogens is 3. The lowest BCUT2D eigenvalue weighted by atomic mass is 10.0. The van der Waals surface area contributed by atoms with Crippen LogP contribution in [0.15, 0.2) is 0 Å². The zero-order chi connectivity index (χ0) is 14.8. The number of amides is 2. The van der Waals surface area contributed by atoms with Crippen LogP contribution >= 0.6 is 11.8 Å². The summed E-state index contributed by atoms with van der Waals surface area (Å²) < 4.78 is 37.9. The van der Waals surface area contributed by atoms with Crippen molar-refractivity contribution in [3.63, 3.8) is 0 Å². The molecule has 19 heavy (non-hydrogen) atoms. The maximum absolute atomic E-state index is 12.6. The van der Waals surface area contributed by atoms with Gasteiger partial charge in [0.25, 0.3) is 0 Å². The van der Waals surface area contributed by atoms with Crippen LogP contribution in [-0.2, 0) is 14.4 Å². The minimum absolute atomic E-state index is 0.156. The van der Waals surface area contributed by atoms with Crippen molar-refractivity contribution in [2.24, 2.45) is 0 Å². The van der Waals surface area contributed by atoms with Crippen molar-refractivity contribution in [1.82, 2.24) is 10.2 Å². The van der Waals surface area contributed by atoms with Gasteiger partial charge in [-0.3, -0.25) is 9.59 Å². The Morgan fingerprint density at radius 3 is 2.42 bits per heavy atom. The minimum atomic E-state index is -5.14. The molecule has 2 amide bonds. The lowest BCUT2D eigenvalue weighted by Gasteiger charge is -2.29. The maximum atomic E-state index is 12.6. The Balaban J connectivity index is 2.73. The second-order valence-electron chi connectivity index (χ2n) is 4.05. The summed E-state index contributed by atoms with van der Waals surface area (Å²) in [6, 6.07) is 0. The predicted molar refractivity (Wildman–Crippen MR) is 59.3 cm³/mol. The van der Waals surface area contributed by atoms with Crippen LogP contribution in [0, 0.1) is 0 Å². The van der Waals surface area contributed by atoms with Crippen LogP contribution in [0.5, 0.6) is 0 Å². The first-order valence-electron chi connectivity index (χ1n) is 5.04. The number of nitrogens with zero attached hydrogens (tertiary/aromatic N) is 1. The number of carbonyl (C=O) groups excluding carboxylic acids is 2. The number of hydrogen-bond donors (Lipinski definition) is 2. The van der Waals surface area contributed by atoms with Gasteiger partial charge in [0.05, 0.1) is 11.6 Å². The van der Waals surface area contributed by atoms with Gasteiger partial charge < -0.3 is 15.3 Å². The van der Waals surface area contributed by atoms with E-state index < -0.39 is 30.1 Å². The van der Waals surface area contributed by atoms with Gasteiger partial charge in [-0.15, -0.1) is 11.8 Å². The number of nitrogens with one attached hydrogen (secondary N) is 1. The molecular formula is C9H11F3N2O4S. The summed E-state index contributed by atoms with van der Waals surface area (Å²) in [5.74, 6) is -3.40. The first-order chi connectivity index (χ1) is 8.58. The number of carboxylic acid groups (broad SMARTS) is 1. The summed E-state index contributed by atoms with van der Waals surface area (Å²) in [5, 5.41) is 10.0. The molecule has 0 radical (unpaired) electrons. The SMILES string of the molecule is CC(NC(=O)CN1CSCC1=O)(C(=O)O)C(F)(F)F. The van der Waals surface area contributed by atoms with E-state index >= 15 is 0 Å². The molecular weight excluding hydrogens is 289 g/mol. The van der Waals surface area contributed by atoms with Gasteiger partial charge in [0, 0.05) is 0 Å². The second-order valence-corrected chi connectivity index (χ2v) is 5.00. The van der Waals surface area contributed by atoms with E-state index in [0.717, 1.165) is 4.90 Å². The molecule has 108 valence electrons. The normalized spacial score (nSPS) is 19.2. The fraction of sp³-hybridized carbons (Fsp3) is 0.667. The van der Waals surface area contributed by atoms with Crippen LogP contribution in [0.2, 0.25) is 0 Å². The molecule has 1 aliphatic rings. The quantitative estimate of drug-likeness (QED) is 0.765. The first kappa shape index (κ1) is 15.6. The average molecular weight is 300 g/mol. The molecule has 6 nitrogen and oxygen atoms in total. The van der Waals surface area contributed by atoms with E-state index in [9.17, 15) is 27.6 Å². The Bertz CT molecular complexity index is 415. The van der Waals surface area contributed by atoms with Crippen LogP contribution in [-0.4, -0.2) is 57.7 Å². The maximum Gasteiger partial charge on any atom is 0.422 e. The summed E-state index contributed by atoms with van der Waals surface area (Å²) in [5.41, 5.74) is -3.38. The lowest BCUT2D eigenvalue weighted by molar-refractivity contribution is -0.207. The minimum Gasteiger partial charge on any atom is -0.479 e. The van der Waals surface area contributed by atoms with Crippen molar-refractivity contribution >= 4 is 29.5 Å². The largest absolute Gasteiger partial charge is 0.479 e. The third-order valence-corrected chi connectivity index (χ3v) is 3.49. The van der Waals surface area contributed by atoms with Crippen molar-refractivity contribution in [3.8, 4) is 0 Å². The topological polar surface area (TPSA) is 86.7 Å². The first-order valence-corrected chi connectivity index (χ1v) is 6.20. The van der Waals surface area contributed by atoms with Gasteiger partial charge in [-0.1, -0.05) is 0 Å². The van der Waals surface area contributed by atoms with E-state index in [0.29, 0.717) is 6.92 Å². The Kier molecular flexibility index (Phi) is 4.33. The highest BCUT2D eigenvalue weighted by Gasteiger charge is 2.58. The Morgan fingerprint density at radius 2 is 2.05 bits per heavy atom. The van der Waals surface area contributed by atoms with Gasteiger partial charge in [0.2, 0.25) is 17.4 Å². The Morgan fingerprint density at radius 1 is 1.47 bits per heavy atom. The zero-order valence-electron chi connectivity index (χ0n) is 9.78. The molecule has 0 bridgehead atoms. The molecule has 0 aliphatic carbocycles. The number of aliphatic carboxylic acids is 1. The smallest absolute Gasteiger partial charge is 0.422 e.